The van der Waals surface area contributed by atoms with Crippen molar-refractivity contribution in [2.24, 2.45) is 5.92 Å². The summed E-state index contributed by atoms with van der Waals surface area (Å²) in [5.41, 5.74) is 0.642. The van der Waals surface area contributed by atoms with Gasteiger partial charge < -0.3 is 14.6 Å². The van der Waals surface area contributed by atoms with Crippen LogP contribution >= 0.6 is 15.9 Å². The average molecular weight is 417 g/mol. The molecule has 0 unspecified atom stereocenters. The molecule has 1 N–H and O–H groups in total. The van der Waals surface area contributed by atoms with Crippen LogP contribution in [0.1, 0.15) is 29.0 Å². The van der Waals surface area contributed by atoms with Crippen molar-refractivity contribution >= 4 is 33.8 Å². The third-order valence-electron chi connectivity index (χ3n) is 4.53. The van der Waals surface area contributed by atoms with Crippen LogP contribution in [0.5, 0.6) is 0 Å². The zero-order valence-electron chi connectivity index (χ0n) is 14.4. The quantitative estimate of drug-likeness (QED) is 0.755. The lowest BCUT2D eigenvalue weighted by molar-refractivity contribution is -0.127. The number of hydrogen-bond acceptors (Lipinski definition) is 3. The smallest absolute Gasteiger partial charge is 0.252 e. The second kappa shape index (κ2) is 8.85. The molecule has 1 aromatic carbocycles. The highest BCUT2D eigenvalue weighted by Gasteiger charge is 2.22. The number of amides is 2. The molecule has 0 bridgehead atoms. The van der Waals surface area contributed by atoms with Gasteiger partial charge in [-0.1, -0.05) is 12.1 Å². The van der Waals surface area contributed by atoms with E-state index in [9.17, 15) is 9.59 Å². The van der Waals surface area contributed by atoms with E-state index in [0.717, 1.165) is 17.3 Å². The summed E-state index contributed by atoms with van der Waals surface area (Å²) in [6.07, 6.45) is 6.59. The Morgan fingerprint density at radius 1 is 1.19 bits per heavy atom. The van der Waals surface area contributed by atoms with Crippen LogP contribution in [0.15, 0.2) is 57.6 Å². The van der Waals surface area contributed by atoms with Gasteiger partial charge in [-0.25, -0.2) is 0 Å². The molecule has 2 heterocycles. The Hall–Kier alpha value is -2.34. The summed E-state index contributed by atoms with van der Waals surface area (Å²) in [5, 5.41) is 3.00. The molecule has 6 heteroatoms. The van der Waals surface area contributed by atoms with E-state index in [2.05, 4.69) is 21.2 Å². The lowest BCUT2D eigenvalue weighted by atomic mass is 9.96. The van der Waals surface area contributed by atoms with Crippen molar-refractivity contribution in [3.8, 4) is 0 Å². The van der Waals surface area contributed by atoms with Gasteiger partial charge in [0.15, 0.2) is 0 Å². The van der Waals surface area contributed by atoms with E-state index in [1.54, 1.807) is 30.5 Å². The molecule has 3 rings (SSSR count). The Labute approximate surface area is 161 Å². The first kappa shape index (κ1) is 18.5. The van der Waals surface area contributed by atoms with Crippen LogP contribution in [0.4, 0.5) is 0 Å². The number of carbonyl (C=O) groups excluding carboxylic acids is 2. The molecule has 0 atom stereocenters. The molecule has 5 nitrogen and oxygen atoms in total. The summed E-state index contributed by atoms with van der Waals surface area (Å²) in [4.78, 5) is 26.3. The van der Waals surface area contributed by atoms with Crippen molar-refractivity contribution in [1.82, 2.24) is 10.2 Å². The van der Waals surface area contributed by atoms with Gasteiger partial charge in [-0.3, -0.25) is 9.59 Å². The van der Waals surface area contributed by atoms with Gasteiger partial charge in [0, 0.05) is 30.2 Å². The number of benzene rings is 1. The van der Waals surface area contributed by atoms with Gasteiger partial charge in [0.1, 0.15) is 5.76 Å². The number of furan rings is 1. The van der Waals surface area contributed by atoms with Crippen molar-refractivity contribution in [2.75, 3.05) is 19.6 Å². The van der Waals surface area contributed by atoms with Gasteiger partial charge in [0.05, 0.1) is 11.8 Å². The van der Waals surface area contributed by atoms with Gasteiger partial charge in [0.25, 0.3) is 5.91 Å². The number of rotatable bonds is 5. The Kier molecular flexibility index (Phi) is 6.28. The Bertz CT molecular complexity index is 778. The Morgan fingerprint density at radius 2 is 1.96 bits per heavy atom. The van der Waals surface area contributed by atoms with Gasteiger partial charge >= 0.3 is 0 Å². The van der Waals surface area contributed by atoms with Crippen LogP contribution < -0.4 is 5.32 Å². The fraction of sp³-hybridized carbons (Fsp3) is 0.300. The highest BCUT2D eigenvalue weighted by molar-refractivity contribution is 9.10. The summed E-state index contributed by atoms with van der Waals surface area (Å²) in [5.74, 6) is 0.983. The number of likely N-dealkylation sites (tertiary alicyclic amines) is 1. The fourth-order valence-electron chi connectivity index (χ4n) is 2.98. The van der Waals surface area contributed by atoms with E-state index < -0.39 is 0 Å². The predicted octanol–water partition coefficient (Wildman–Crippen LogP) is 3.72. The highest BCUT2D eigenvalue weighted by Crippen LogP contribution is 2.19. The number of nitrogens with one attached hydrogen (secondary N) is 1. The number of nitrogens with zero attached hydrogens (tertiary/aromatic N) is 1. The molecule has 2 aromatic rings. The third kappa shape index (κ3) is 4.85. The molecule has 26 heavy (non-hydrogen) atoms. The van der Waals surface area contributed by atoms with E-state index in [4.69, 9.17) is 4.42 Å². The minimum atomic E-state index is -0.0719. The molecule has 0 saturated carbocycles. The maximum absolute atomic E-state index is 12.3. The molecule has 136 valence electrons. The molecule has 1 aliphatic rings. The molecule has 0 radical (unpaired) electrons. The lowest BCUT2D eigenvalue weighted by Crippen LogP contribution is -2.41. The standard InChI is InChI=1S/C20H21BrN2O3/c21-18-6-2-1-5-17(18)20(25)22-14-15-9-11-23(12-10-15)19(24)8-7-16-4-3-13-26-16/h1-8,13,15H,9-12,14H2,(H,22,25)/b8-7+. The lowest BCUT2D eigenvalue weighted by Gasteiger charge is -2.31. The molecule has 0 spiro atoms. The van der Waals surface area contributed by atoms with Gasteiger partial charge in [0.2, 0.25) is 5.91 Å². The van der Waals surface area contributed by atoms with Gasteiger partial charge in [-0.2, -0.15) is 0 Å². The molecule has 1 saturated heterocycles. The van der Waals surface area contributed by atoms with Crippen molar-refractivity contribution in [3.63, 3.8) is 0 Å². The molecule has 2 amide bonds. The SMILES string of the molecule is O=C(NCC1CCN(C(=O)/C=C/c2ccco2)CC1)c1ccccc1Br. The first-order valence-electron chi connectivity index (χ1n) is 8.66. The van der Waals surface area contributed by atoms with Crippen molar-refractivity contribution in [3.05, 3.63) is 64.5 Å². The van der Waals surface area contributed by atoms with Crippen molar-refractivity contribution < 1.29 is 14.0 Å². The van der Waals surface area contributed by atoms with Crippen LogP contribution in [-0.2, 0) is 4.79 Å². The topological polar surface area (TPSA) is 62.6 Å². The molecule has 1 aromatic heterocycles. The Morgan fingerprint density at radius 3 is 2.65 bits per heavy atom. The van der Waals surface area contributed by atoms with E-state index in [1.807, 2.05) is 29.2 Å². The minimum Gasteiger partial charge on any atom is -0.465 e. The van der Waals surface area contributed by atoms with Crippen LogP contribution in [0.25, 0.3) is 6.08 Å². The number of piperidine rings is 1. The van der Waals surface area contributed by atoms with Crippen LogP contribution in [0.2, 0.25) is 0 Å². The molecule has 0 aliphatic carbocycles. The summed E-state index contributed by atoms with van der Waals surface area (Å²) in [6.45, 7) is 2.04. The average Bonchev–Trinajstić information content (AvgIpc) is 3.18. The van der Waals surface area contributed by atoms with Crippen LogP contribution in [-0.4, -0.2) is 36.3 Å². The summed E-state index contributed by atoms with van der Waals surface area (Å²) >= 11 is 3.40. The summed E-state index contributed by atoms with van der Waals surface area (Å²) in [6, 6.07) is 11.0. The zero-order valence-corrected chi connectivity index (χ0v) is 15.9. The predicted molar refractivity (Wildman–Crippen MR) is 104 cm³/mol. The largest absolute Gasteiger partial charge is 0.465 e. The van der Waals surface area contributed by atoms with Crippen molar-refractivity contribution in [1.29, 1.82) is 0 Å². The maximum Gasteiger partial charge on any atom is 0.252 e. The molecule has 1 fully saturated rings. The van der Waals surface area contributed by atoms with Gasteiger partial charge in [-0.15, -0.1) is 0 Å². The maximum atomic E-state index is 12.3. The van der Waals surface area contributed by atoms with Crippen LogP contribution in [0, 0.1) is 5.92 Å². The fourth-order valence-corrected chi connectivity index (χ4v) is 3.44. The molecular weight excluding hydrogens is 396 g/mol. The summed E-state index contributed by atoms with van der Waals surface area (Å²) in [7, 11) is 0. The second-order valence-corrected chi connectivity index (χ2v) is 7.16. The minimum absolute atomic E-state index is 0.00268. The highest BCUT2D eigenvalue weighted by atomic mass is 79.9. The first-order chi connectivity index (χ1) is 12.6. The molecular formula is C20H21BrN2O3. The molecule has 1 aliphatic heterocycles. The normalized spacial score (nSPS) is 15.3. The number of hydrogen-bond donors (Lipinski definition) is 1. The van der Waals surface area contributed by atoms with Gasteiger partial charge in [-0.05, 0) is 65.0 Å². The van der Waals surface area contributed by atoms with E-state index >= 15 is 0 Å². The summed E-state index contributed by atoms with van der Waals surface area (Å²) < 4.78 is 5.98. The van der Waals surface area contributed by atoms with Crippen LogP contribution in [0.3, 0.4) is 0 Å². The monoisotopic (exact) mass is 416 g/mol. The van der Waals surface area contributed by atoms with E-state index in [1.165, 1.54) is 0 Å². The zero-order chi connectivity index (χ0) is 18.4. The number of carbonyl (C=O) groups is 2. The second-order valence-electron chi connectivity index (χ2n) is 6.31. The number of halogens is 1. The van der Waals surface area contributed by atoms with Crippen molar-refractivity contribution in [2.45, 2.75) is 12.8 Å². The first-order valence-corrected chi connectivity index (χ1v) is 9.46. The van der Waals surface area contributed by atoms with E-state index in [-0.39, 0.29) is 11.8 Å². The van der Waals surface area contributed by atoms with E-state index in [0.29, 0.717) is 36.9 Å². The third-order valence-corrected chi connectivity index (χ3v) is 5.22. The Balaban J connectivity index is 1.43.